The predicted octanol–water partition coefficient (Wildman–Crippen LogP) is 5.00. The Balaban J connectivity index is 1.87. The van der Waals surface area contributed by atoms with Crippen LogP contribution in [-0.2, 0) is 4.74 Å². The number of anilines is 1. The lowest BCUT2D eigenvalue weighted by molar-refractivity contribution is -0.0449. The van der Waals surface area contributed by atoms with Crippen LogP contribution in [0.25, 0.3) is 11.5 Å². The van der Waals surface area contributed by atoms with Crippen LogP contribution in [0.4, 0.5) is 19.4 Å². The summed E-state index contributed by atoms with van der Waals surface area (Å²) < 4.78 is 37.8. The van der Waals surface area contributed by atoms with Crippen molar-refractivity contribution in [3.8, 4) is 11.5 Å². The van der Waals surface area contributed by atoms with Crippen LogP contribution in [0.15, 0.2) is 29.0 Å². The highest BCUT2D eigenvalue weighted by atomic mass is 19.3. The van der Waals surface area contributed by atoms with E-state index in [1.807, 2.05) is 0 Å². The minimum atomic E-state index is -2.67. The zero-order chi connectivity index (χ0) is 22.8. The standard InChI is InChI=1S/C21H25F2N3O5/c1-20(2,3)31-19(29)26(11-13-4-7-21(22,23)8-5-13)16-10-14(6-9-24-16)17-25-15(12-30-17)18(27)28/h6,9-10,12-13H,4-5,7-8,11H2,1-3H3,(H,27,28). The van der Waals surface area contributed by atoms with Crippen LogP contribution in [0.1, 0.15) is 56.9 Å². The first-order valence-electron chi connectivity index (χ1n) is 9.97. The maximum Gasteiger partial charge on any atom is 0.416 e. The molecule has 1 saturated carbocycles. The highest BCUT2D eigenvalue weighted by Gasteiger charge is 2.37. The molecule has 8 nitrogen and oxygen atoms in total. The quantitative estimate of drug-likeness (QED) is 0.701. The fourth-order valence-corrected chi connectivity index (χ4v) is 3.32. The number of aromatic nitrogens is 2. The van der Waals surface area contributed by atoms with Gasteiger partial charge in [0.1, 0.15) is 17.7 Å². The van der Waals surface area contributed by atoms with Gasteiger partial charge < -0.3 is 14.3 Å². The Morgan fingerprint density at radius 3 is 2.58 bits per heavy atom. The highest BCUT2D eigenvalue weighted by Crippen LogP contribution is 2.37. The van der Waals surface area contributed by atoms with E-state index in [1.54, 1.807) is 26.8 Å². The summed E-state index contributed by atoms with van der Waals surface area (Å²) in [5, 5.41) is 9.03. The maximum absolute atomic E-state index is 13.5. The van der Waals surface area contributed by atoms with E-state index in [0.29, 0.717) is 5.56 Å². The summed E-state index contributed by atoms with van der Waals surface area (Å²) in [6.45, 7) is 5.37. The number of carbonyl (C=O) groups excluding carboxylic acids is 1. The molecule has 1 aliphatic carbocycles. The van der Waals surface area contributed by atoms with Crippen LogP contribution in [0.3, 0.4) is 0 Å². The second-order valence-electron chi connectivity index (χ2n) is 8.64. The van der Waals surface area contributed by atoms with Crippen LogP contribution < -0.4 is 4.90 Å². The lowest BCUT2D eigenvalue weighted by Gasteiger charge is -2.33. The van der Waals surface area contributed by atoms with E-state index in [2.05, 4.69) is 9.97 Å². The fraction of sp³-hybridized carbons (Fsp3) is 0.524. The van der Waals surface area contributed by atoms with Gasteiger partial charge in [-0.2, -0.15) is 0 Å². The fourth-order valence-electron chi connectivity index (χ4n) is 3.32. The Labute approximate surface area is 178 Å². The Kier molecular flexibility index (Phi) is 6.28. The summed E-state index contributed by atoms with van der Waals surface area (Å²) in [6, 6.07) is 3.09. The number of rotatable bonds is 5. The highest BCUT2D eigenvalue weighted by molar-refractivity contribution is 5.88. The van der Waals surface area contributed by atoms with Gasteiger partial charge in [-0.15, -0.1) is 0 Å². The summed E-state index contributed by atoms with van der Waals surface area (Å²) >= 11 is 0. The molecule has 2 aromatic heterocycles. The van der Waals surface area contributed by atoms with Crippen molar-refractivity contribution in [3.63, 3.8) is 0 Å². The number of aromatic carboxylic acids is 1. The summed E-state index contributed by atoms with van der Waals surface area (Å²) in [5.41, 5.74) is -0.590. The monoisotopic (exact) mass is 437 g/mol. The molecule has 3 rings (SSSR count). The number of hydrogen-bond acceptors (Lipinski definition) is 6. The van der Waals surface area contributed by atoms with Crippen LogP contribution in [0, 0.1) is 5.92 Å². The Morgan fingerprint density at radius 1 is 1.32 bits per heavy atom. The number of carbonyl (C=O) groups is 2. The normalized spacial score (nSPS) is 16.7. The minimum Gasteiger partial charge on any atom is -0.476 e. The number of amides is 1. The third-order valence-corrected chi connectivity index (χ3v) is 4.88. The number of pyridine rings is 1. The molecule has 0 radical (unpaired) electrons. The van der Waals surface area contributed by atoms with Crippen molar-refractivity contribution in [2.75, 3.05) is 11.4 Å². The second kappa shape index (κ2) is 8.60. The molecule has 0 atom stereocenters. The summed E-state index contributed by atoms with van der Waals surface area (Å²) in [6.07, 6.45) is 1.94. The first-order chi connectivity index (χ1) is 14.4. The van der Waals surface area contributed by atoms with Crippen molar-refractivity contribution in [3.05, 3.63) is 30.3 Å². The Hall–Kier alpha value is -3.04. The van der Waals surface area contributed by atoms with E-state index < -0.39 is 23.6 Å². The van der Waals surface area contributed by atoms with Crippen molar-refractivity contribution >= 4 is 17.9 Å². The molecular formula is C21H25F2N3O5. The number of oxazole rings is 1. The Bertz CT molecular complexity index is 944. The molecule has 10 heteroatoms. The average Bonchev–Trinajstić information content (AvgIpc) is 3.16. The van der Waals surface area contributed by atoms with E-state index in [1.165, 1.54) is 17.2 Å². The molecule has 0 unspecified atom stereocenters. The summed E-state index contributed by atoms with van der Waals surface area (Å²) in [7, 11) is 0. The van der Waals surface area contributed by atoms with Crippen LogP contribution in [-0.4, -0.2) is 45.2 Å². The van der Waals surface area contributed by atoms with Gasteiger partial charge in [-0.1, -0.05) is 0 Å². The van der Waals surface area contributed by atoms with Gasteiger partial charge in [0.05, 0.1) is 0 Å². The predicted molar refractivity (Wildman–Crippen MR) is 107 cm³/mol. The number of ether oxygens (including phenoxy) is 1. The van der Waals surface area contributed by atoms with E-state index >= 15 is 0 Å². The number of nitrogens with zero attached hydrogens (tertiary/aromatic N) is 3. The second-order valence-corrected chi connectivity index (χ2v) is 8.64. The van der Waals surface area contributed by atoms with Crippen LogP contribution in [0.5, 0.6) is 0 Å². The largest absolute Gasteiger partial charge is 0.476 e. The summed E-state index contributed by atoms with van der Waals surface area (Å²) in [5.74, 6) is -3.73. The molecule has 2 heterocycles. The van der Waals surface area contributed by atoms with Gasteiger partial charge in [-0.3, -0.25) is 4.90 Å². The molecule has 168 valence electrons. The summed E-state index contributed by atoms with van der Waals surface area (Å²) in [4.78, 5) is 33.4. The molecule has 31 heavy (non-hydrogen) atoms. The zero-order valence-electron chi connectivity index (χ0n) is 17.6. The van der Waals surface area contributed by atoms with Gasteiger partial charge in [0.25, 0.3) is 0 Å². The smallest absolute Gasteiger partial charge is 0.416 e. The molecule has 0 spiro atoms. The molecular weight excluding hydrogens is 412 g/mol. The molecule has 1 amide bonds. The van der Waals surface area contributed by atoms with Crippen molar-refractivity contribution in [1.82, 2.24) is 9.97 Å². The van der Waals surface area contributed by atoms with Gasteiger partial charge in [0, 0.05) is 31.1 Å². The van der Waals surface area contributed by atoms with Gasteiger partial charge in [0.2, 0.25) is 11.8 Å². The molecule has 1 fully saturated rings. The molecule has 0 bridgehead atoms. The topological polar surface area (TPSA) is 106 Å². The number of carboxylic acids is 1. The first-order valence-corrected chi connectivity index (χ1v) is 9.97. The average molecular weight is 437 g/mol. The van der Waals surface area contributed by atoms with E-state index in [0.717, 1.165) is 6.26 Å². The minimum absolute atomic E-state index is 0.0579. The van der Waals surface area contributed by atoms with Gasteiger partial charge in [-0.25, -0.2) is 28.3 Å². The third-order valence-electron chi connectivity index (χ3n) is 4.88. The first kappa shape index (κ1) is 22.6. The number of hydrogen-bond donors (Lipinski definition) is 1. The maximum atomic E-state index is 13.5. The van der Waals surface area contributed by atoms with E-state index in [4.69, 9.17) is 14.3 Å². The lowest BCUT2D eigenvalue weighted by atomic mass is 9.86. The van der Waals surface area contributed by atoms with Gasteiger partial charge in [0.15, 0.2) is 5.69 Å². The molecule has 0 saturated heterocycles. The van der Waals surface area contributed by atoms with Gasteiger partial charge >= 0.3 is 12.1 Å². The van der Waals surface area contributed by atoms with Crippen molar-refractivity contribution in [2.24, 2.45) is 5.92 Å². The molecule has 0 aliphatic heterocycles. The zero-order valence-corrected chi connectivity index (χ0v) is 17.6. The van der Waals surface area contributed by atoms with Crippen LogP contribution >= 0.6 is 0 Å². The van der Waals surface area contributed by atoms with E-state index in [9.17, 15) is 18.4 Å². The molecule has 2 aromatic rings. The van der Waals surface area contributed by atoms with Crippen molar-refractivity contribution in [2.45, 2.75) is 58.0 Å². The molecule has 1 N–H and O–H groups in total. The lowest BCUT2D eigenvalue weighted by Crippen LogP contribution is -2.41. The van der Waals surface area contributed by atoms with Crippen molar-refractivity contribution < 1.29 is 32.6 Å². The number of alkyl halides is 2. The molecule has 1 aliphatic rings. The van der Waals surface area contributed by atoms with Gasteiger partial charge in [-0.05, 0) is 51.7 Å². The third kappa shape index (κ3) is 5.99. The number of halogens is 2. The van der Waals surface area contributed by atoms with Crippen LogP contribution in [0.2, 0.25) is 0 Å². The molecule has 0 aromatic carbocycles. The SMILES string of the molecule is CC(C)(C)OC(=O)N(CC1CCC(F)(F)CC1)c1cc(-c2nc(C(=O)O)co2)ccn1. The van der Waals surface area contributed by atoms with E-state index in [-0.39, 0.29) is 55.5 Å². The Morgan fingerprint density at radius 2 is 2.00 bits per heavy atom. The number of carboxylic acid groups (broad SMARTS) is 1. The van der Waals surface area contributed by atoms with Crippen molar-refractivity contribution in [1.29, 1.82) is 0 Å².